The molecular formula is C16H23N5O2S2. The van der Waals surface area contributed by atoms with Gasteiger partial charge in [-0.3, -0.25) is 0 Å². The number of sulfonamides is 1. The first-order chi connectivity index (χ1) is 11.9. The Morgan fingerprint density at radius 1 is 1.20 bits per heavy atom. The van der Waals surface area contributed by atoms with E-state index in [0.29, 0.717) is 25.5 Å². The van der Waals surface area contributed by atoms with E-state index in [1.165, 1.54) is 15.4 Å². The smallest absolute Gasteiger partial charge is 0.244 e. The zero-order valence-corrected chi connectivity index (χ0v) is 16.3. The Morgan fingerprint density at radius 2 is 1.92 bits per heavy atom. The lowest BCUT2D eigenvalue weighted by Crippen LogP contribution is -2.47. The van der Waals surface area contributed by atoms with Crippen LogP contribution in [0.1, 0.15) is 15.6 Å². The normalized spacial score (nSPS) is 16.9. The van der Waals surface area contributed by atoms with E-state index in [1.807, 2.05) is 20.9 Å². The summed E-state index contributed by atoms with van der Waals surface area (Å²) in [4.78, 5) is 12.3. The zero-order valence-electron chi connectivity index (χ0n) is 14.7. The number of hydrogen-bond donors (Lipinski definition) is 1. The Hall–Kier alpha value is -1.55. The molecule has 0 unspecified atom stereocenters. The average Bonchev–Trinajstić information content (AvgIpc) is 2.91. The summed E-state index contributed by atoms with van der Waals surface area (Å²) in [5, 5.41) is 4.23. The Labute approximate surface area is 152 Å². The highest BCUT2D eigenvalue weighted by atomic mass is 32.2. The number of piperazine rings is 1. The molecule has 2 aromatic rings. The van der Waals surface area contributed by atoms with Crippen LogP contribution in [0, 0.1) is 13.8 Å². The summed E-state index contributed by atoms with van der Waals surface area (Å²) < 4.78 is 26.9. The topological polar surface area (TPSA) is 78.4 Å². The average molecular weight is 382 g/mol. The van der Waals surface area contributed by atoms with Crippen LogP contribution in [0.15, 0.2) is 23.2 Å². The molecule has 0 radical (unpaired) electrons. The SMILES string of the molecule is Cc1nc(CNc2ccc(S(=O)(=O)N3CCN(C)CC3)cn2)c(C)s1. The standard InChI is InChI=1S/C16H23N5O2S2/c1-12-15(19-13(2)24-12)11-18-16-5-4-14(10-17-16)25(22,23)21-8-6-20(3)7-9-21/h4-5,10H,6-9,11H2,1-3H3,(H,17,18). The summed E-state index contributed by atoms with van der Waals surface area (Å²) in [6.07, 6.45) is 1.43. The van der Waals surface area contributed by atoms with Crippen molar-refractivity contribution >= 4 is 27.2 Å². The number of nitrogens with one attached hydrogen (secondary N) is 1. The zero-order chi connectivity index (χ0) is 18.0. The van der Waals surface area contributed by atoms with Gasteiger partial charge in [0.1, 0.15) is 10.7 Å². The number of nitrogens with zero attached hydrogens (tertiary/aromatic N) is 4. The van der Waals surface area contributed by atoms with Gasteiger partial charge in [-0.15, -0.1) is 11.3 Å². The van der Waals surface area contributed by atoms with Crippen molar-refractivity contribution in [2.24, 2.45) is 0 Å². The van der Waals surface area contributed by atoms with E-state index < -0.39 is 10.0 Å². The number of likely N-dealkylation sites (N-methyl/N-ethyl adjacent to an activating group) is 1. The number of rotatable bonds is 5. The Kier molecular flexibility index (Phi) is 5.38. The second-order valence-electron chi connectivity index (χ2n) is 6.18. The maximum Gasteiger partial charge on any atom is 0.244 e. The number of anilines is 1. The van der Waals surface area contributed by atoms with Gasteiger partial charge in [-0.25, -0.2) is 18.4 Å². The van der Waals surface area contributed by atoms with Crippen molar-refractivity contribution < 1.29 is 8.42 Å². The first-order valence-corrected chi connectivity index (χ1v) is 10.4. The summed E-state index contributed by atoms with van der Waals surface area (Å²) in [5.74, 6) is 0.641. The van der Waals surface area contributed by atoms with Crippen LogP contribution in [-0.2, 0) is 16.6 Å². The molecule has 9 heteroatoms. The monoisotopic (exact) mass is 381 g/mol. The minimum atomic E-state index is -3.47. The van der Waals surface area contributed by atoms with Gasteiger partial charge in [0.25, 0.3) is 0 Å². The highest BCUT2D eigenvalue weighted by molar-refractivity contribution is 7.89. The Balaban J connectivity index is 1.66. The fraction of sp³-hybridized carbons (Fsp3) is 0.500. The number of hydrogen-bond acceptors (Lipinski definition) is 7. The predicted octanol–water partition coefficient (Wildman–Crippen LogP) is 1.70. The molecule has 1 aliphatic heterocycles. The van der Waals surface area contributed by atoms with Gasteiger partial charge in [-0.1, -0.05) is 0 Å². The first kappa shape index (κ1) is 18.2. The number of aryl methyl sites for hydroxylation is 2. The van der Waals surface area contributed by atoms with E-state index in [-0.39, 0.29) is 4.90 Å². The number of pyridine rings is 1. The third-order valence-electron chi connectivity index (χ3n) is 4.27. The van der Waals surface area contributed by atoms with Crippen molar-refractivity contribution in [3.8, 4) is 0 Å². The highest BCUT2D eigenvalue weighted by Gasteiger charge is 2.27. The minimum Gasteiger partial charge on any atom is -0.364 e. The van der Waals surface area contributed by atoms with Gasteiger partial charge in [-0.2, -0.15) is 4.31 Å². The number of aromatic nitrogens is 2. The van der Waals surface area contributed by atoms with Crippen LogP contribution in [0.3, 0.4) is 0 Å². The minimum absolute atomic E-state index is 0.239. The summed E-state index contributed by atoms with van der Waals surface area (Å²) in [6.45, 7) is 7.13. The highest BCUT2D eigenvalue weighted by Crippen LogP contribution is 2.20. The van der Waals surface area contributed by atoms with Crippen LogP contribution >= 0.6 is 11.3 Å². The van der Waals surface area contributed by atoms with Gasteiger partial charge in [0.2, 0.25) is 10.0 Å². The van der Waals surface area contributed by atoms with Gasteiger partial charge in [0, 0.05) is 37.3 Å². The van der Waals surface area contributed by atoms with Gasteiger partial charge >= 0.3 is 0 Å². The molecule has 0 aliphatic carbocycles. The van der Waals surface area contributed by atoms with Crippen LogP contribution < -0.4 is 5.32 Å². The van der Waals surface area contributed by atoms with Crippen LogP contribution in [0.25, 0.3) is 0 Å². The third kappa shape index (κ3) is 4.17. The fourth-order valence-corrected chi connectivity index (χ4v) is 4.93. The molecule has 0 aromatic carbocycles. The van der Waals surface area contributed by atoms with Crippen molar-refractivity contribution in [2.45, 2.75) is 25.3 Å². The lowest BCUT2D eigenvalue weighted by Gasteiger charge is -2.31. The van der Waals surface area contributed by atoms with Crippen LogP contribution in [0.5, 0.6) is 0 Å². The van der Waals surface area contributed by atoms with E-state index in [2.05, 4.69) is 20.2 Å². The molecule has 0 spiro atoms. The third-order valence-corrected chi connectivity index (χ3v) is 7.08. The van der Waals surface area contributed by atoms with Crippen molar-refractivity contribution in [1.82, 2.24) is 19.2 Å². The molecule has 3 rings (SSSR count). The van der Waals surface area contributed by atoms with Crippen molar-refractivity contribution in [1.29, 1.82) is 0 Å². The van der Waals surface area contributed by atoms with E-state index in [9.17, 15) is 8.42 Å². The molecule has 3 heterocycles. The molecule has 0 saturated carbocycles. The Bertz CT molecular complexity index is 825. The molecule has 136 valence electrons. The molecule has 1 fully saturated rings. The Morgan fingerprint density at radius 3 is 2.48 bits per heavy atom. The molecule has 7 nitrogen and oxygen atoms in total. The maximum absolute atomic E-state index is 12.7. The summed E-state index contributed by atoms with van der Waals surface area (Å²) in [5.41, 5.74) is 0.999. The molecular weight excluding hydrogens is 358 g/mol. The predicted molar refractivity (Wildman–Crippen MR) is 99.4 cm³/mol. The largest absolute Gasteiger partial charge is 0.364 e. The summed E-state index contributed by atoms with van der Waals surface area (Å²) in [6, 6.07) is 3.32. The molecule has 2 aromatic heterocycles. The molecule has 0 atom stereocenters. The molecule has 1 N–H and O–H groups in total. The van der Waals surface area contributed by atoms with Gasteiger partial charge < -0.3 is 10.2 Å². The van der Waals surface area contributed by atoms with Crippen molar-refractivity contribution in [2.75, 3.05) is 38.5 Å². The summed E-state index contributed by atoms with van der Waals surface area (Å²) in [7, 11) is -1.47. The van der Waals surface area contributed by atoms with Crippen LogP contribution in [0.2, 0.25) is 0 Å². The molecule has 1 saturated heterocycles. The van der Waals surface area contributed by atoms with E-state index in [0.717, 1.165) is 23.8 Å². The van der Waals surface area contributed by atoms with E-state index in [4.69, 9.17) is 0 Å². The first-order valence-electron chi connectivity index (χ1n) is 8.18. The molecule has 1 aliphatic rings. The second-order valence-corrected chi connectivity index (χ2v) is 9.52. The molecule has 25 heavy (non-hydrogen) atoms. The van der Waals surface area contributed by atoms with Crippen molar-refractivity contribution in [3.63, 3.8) is 0 Å². The van der Waals surface area contributed by atoms with Gasteiger partial charge in [0.05, 0.1) is 17.2 Å². The van der Waals surface area contributed by atoms with Gasteiger partial charge in [0.15, 0.2) is 0 Å². The van der Waals surface area contributed by atoms with Crippen LogP contribution in [0.4, 0.5) is 5.82 Å². The van der Waals surface area contributed by atoms with E-state index in [1.54, 1.807) is 23.5 Å². The number of thiazole rings is 1. The quantitative estimate of drug-likeness (QED) is 0.849. The van der Waals surface area contributed by atoms with Crippen LogP contribution in [-0.4, -0.2) is 60.8 Å². The van der Waals surface area contributed by atoms with E-state index >= 15 is 0 Å². The second kappa shape index (κ2) is 7.36. The lowest BCUT2D eigenvalue weighted by molar-refractivity contribution is 0.222. The van der Waals surface area contributed by atoms with Gasteiger partial charge in [-0.05, 0) is 33.0 Å². The fourth-order valence-electron chi connectivity index (χ4n) is 2.73. The molecule has 0 bridgehead atoms. The molecule has 0 amide bonds. The van der Waals surface area contributed by atoms with Crippen molar-refractivity contribution in [3.05, 3.63) is 33.9 Å². The lowest BCUT2D eigenvalue weighted by atomic mass is 10.3. The maximum atomic E-state index is 12.7. The summed E-state index contributed by atoms with van der Waals surface area (Å²) >= 11 is 1.67.